The predicted octanol–water partition coefficient (Wildman–Crippen LogP) is 21.7. The van der Waals surface area contributed by atoms with Gasteiger partial charge in [-0.25, -0.2) is 4.39 Å². The summed E-state index contributed by atoms with van der Waals surface area (Å²) < 4.78 is 67.7. The highest BCUT2D eigenvalue weighted by molar-refractivity contribution is 6.30. The van der Waals surface area contributed by atoms with Gasteiger partial charge in [-0.2, -0.15) is 0 Å². The van der Waals surface area contributed by atoms with Gasteiger partial charge in [0.25, 0.3) is 0 Å². The number of carbonyl (C=O) groups excluding carboxylic acids is 2. The molecule has 0 amide bonds. The van der Waals surface area contributed by atoms with Gasteiger partial charge in [0.1, 0.15) is 138 Å². The number of aliphatic hydroxyl groups excluding tert-OH is 3. The van der Waals surface area contributed by atoms with E-state index in [9.17, 15) is 49.7 Å². The molecule has 0 saturated carbocycles. The van der Waals surface area contributed by atoms with Crippen LogP contribution in [0.5, 0.6) is 80.5 Å². The Morgan fingerprint density at radius 2 is 0.680 bits per heavy atom. The maximum Gasteiger partial charge on any atom is 0.203 e. The standard InChI is InChI=1S/C21H19ClO3.C21H17FO3.C17H20O3.C15H16O4.C15H16O3.C15H14O3/c2*22-17-10-12-18(13-11-17)24-15-20(23)19-8-4-5-9-21(19)25-14-16-6-2-1-3-7-16;1-2-5-13-8-10-14(11-9-13)20-12-17(19)15-6-3-4-7-16(15)18;1-18-11-6-8-12(9-7-11)19-10-15(17)13-4-2-3-5-14(13)16;1-17-13-6-8-14(9-7-13)18-11-10-12-4-2-3-5-15(12)16;1-11-6-8-12(9-7-11)18-10-15(17)13-4-2-3-5-14(13)16/h1-13,20,23H,14-15H2;1-13H,14-15H2;3-4,6-11,17-19H,2,5,12H2,1H3;2-9,15-17H,10H2,1H3;2-9,16H,10-11H2,1H3;2-9,16H,10H2,1H3. The monoisotopic (exact) mass is 1710 g/mol. The number of ketones is 2. The van der Waals surface area contributed by atoms with Crippen LogP contribution in [0, 0.1) is 12.7 Å². The van der Waals surface area contributed by atoms with Crippen LogP contribution in [0.4, 0.5) is 4.39 Å². The van der Waals surface area contributed by atoms with E-state index in [2.05, 4.69) is 6.92 Å². The average molecular weight is 1710 g/mol. The van der Waals surface area contributed by atoms with Crippen molar-refractivity contribution < 1.29 is 97.1 Å². The molecule has 0 saturated heterocycles. The van der Waals surface area contributed by atoms with Gasteiger partial charge in [0.15, 0.2) is 13.2 Å². The third kappa shape index (κ3) is 33.2. The molecule has 7 N–H and O–H groups in total. The topological polar surface area (TPSA) is 268 Å². The zero-order valence-electron chi connectivity index (χ0n) is 69.8. The number of benzene rings is 14. The Morgan fingerprint density at radius 3 is 1.15 bits per heavy atom. The maximum atomic E-state index is 12.9. The number of halogens is 2. The van der Waals surface area contributed by atoms with Gasteiger partial charge in [0.05, 0.1) is 32.0 Å². The summed E-state index contributed by atoms with van der Waals surface area (Å²) in [5, 5.41) is 69.5. The normalized spacial score (nSPS) is 11.0. The van der Waals surface area contributed by atoms with Crippen molar-refractivity contribution in [3.8, 4) is 80.5 Å². The number of methoxy groups -OCH3 is 2. The predicted molar refractivity (Wildman–Crippen MR) is 483 cm³/mol. The number of rotatable bonds is 34. The number of carbonyl (C=O) groups is 2. The molecular formula is C104H102ClFO19. The van der Waals surface area contributed by atoms with E-state index in [1.807, 2.05) is 189 Å². The van der Waals surface area contributed by atoms with E-state index in [0.29, 0.717) is 93.8 Å². The first-order valence-corrected chi connectivity index (χ1v) is 40.6. The van der Waals surface area contributed by atoms with E-state index in [0.717, 1.165) is 58.1 Å². The van der Waals surface area contributed by atoms with Gasteiger partial charge >= 0.3 is 0 Å². The van der Waals surface area contributed by atoms with Gasteiger partial charge in [-0.3, -0.25) is 9.59 Å². The molecule has 0 fully saturated rings. The summed E-state index contributed by atoms with van der Waals surface area (Å²) >= 11 is 5.85. The van der Waals surface area contributed by atoms with Gasteiger partial charge in [0, 0.05) is 28.1 Å². The van der Waals surface area contributed by atoms with Crippen LogP contribution in [0.15, 0.2) is 352 Å². The number of phenolic OH excluding ortho intramolecular Hbond substituents is 4. The Balaban J connectivity index is 0.000000171. The lowest BCUT2D eigenvalue weighted by molar-refractivity contribution is 0.0911. The number of hydrogen-bond donors (Lipinski definition) is 7. The summed E-state index contributed by atoms with van der Waals surface area (Å²) in [6.07, 6.45) is 0.351. The molecule has 3 unspecified atom stereocenters. The summed E-state index contributed by atoms with van der Waals surface area (Å²) in [6.45, 7) is 5.58. The van der Waals surface area contributed by atoms with Crippen LogP contribution in [-0.4, -0.2) is 101 Å². The molecule has 14 aromatic rings. The second-order valence-electron chi connectivity index (χ2n) is 27.8. The Kier molecular flexibility index (Phi) is 39.4. The summed E-state index contributed by atoms with van der Waals surface area (Å²) in [7, 11) is 3.23. The smallest absolute Gasteiger partial charge is 0.203 e. The molecule has 19 nitrogen and oxygen atoms in total. The number of hydrogen-bond acceptors (Lipinski definition) is 19. The molecule has 0 spiro atoms. The Labute approximate surface area is 733 Å². The van der Waals surface area contributed by atoms with E-state index < -0.39 is 18.3 Å². The van der Waals surface area contributed by atoms with Crippen LogP contribution in [0.1, 0.15) is 96.9 Å². The minimum atomic E-state index is -0.872. The van der Waals surface area contributed by atoms with Gasteiger partial charge in [-0.1, -0.05) is 212 Å². The zero-order valence-corrected chi connectivity index (χ0v) is 70.5. The van der Waals surface area contributed by atoms with Crippen LogP contribution in [0.3, 0.4) is 0 Å². The molecule has 0 bridgehead atoms. The summed E-state index contributed by atoms with van der Waals surface area (Å²) in [4.78, 5) is 24.3. The van der Waals surface area contributed by atoms with Gasteiger partial charge in [-0.15, -0.1) is 0 Å². The quantitative estimate of drug-likeness (QED) is 0.0185. The molecule has 14 aromatic carbocycles. The lowest BCUT2D eigenvalue weighted by Gasteiger charge is -2.17. The van der Waals surface area contributed by atoms with E-state index in [1.165, 1.54) is 42.0 Å². The van der Waals surface area contributed by atoms with Crippen molar-refractivity contribution in [1.82, 2.24) is 0 Å². The Bertz CT molecular complexity index is 5460. The molecular weight excluding hydrogens is 1610 g/mol. The van der Waals surface area contributed by atoms with Crippen LogP contribution in [0.2, 0.25) is 5.02 Å². The molecule has 21 heteroatoms. The molecule has 3 atom stereocenters. The van der Waals surface area contributed by atoms with Crippen molar-refractivity contribution in [2.45, 2.75) is 64.6 Å². The maximum absolute atomic E-state index is 12.9. The minimum Gasteiger partial charge on any atom is -0.508 e. The van der Waals surface area contributed by atoms with Gasteiger partial charge < -0.3 is 83.1 Å². The number of aliphatic hydroxyl groups is 3. The highest BCUT2D eigenvalue weighted by Crippen LogP contribution is 2.31. The molecule has 125 heavy (non-hydrogen) atoms. The SMILES string of the molecule is CCCc1ccc(OCC(O)c2ccccc2O)cc1.COc1ccc(OCC(O)c2ccccc2O)cc1.COc1ccc(OCCc2ccccc2O)cc1.Cc1ccc(OCC(=O)c2ccccc2O)cc1.O=C(COc1ccc(F)cc1)c1ccccc1OCc1ccccc1.OC(COc1ccc(Cl)cc1)c1ccccc1OCc1ccccc1. The fraction of sp³-hybridized carbons (Fsp3) is 0.173. The van der Waals surface area contributed by atoms with E-state index >= 15 is 0 Å². The van der Waals surface area contributed by atoms with E-state index in [-0.39, 0.29) is 73.2 Å². The second kappa shape index (κ2) is 52.1. The van der Waals surface area contributed by atoms with Crippen LogP contribution < -0.4 is 47.4 Å². The van der Waals surface area contributed by atoms with Crippen LogP contribution in [-0.2, 0) is 26.1 Å². The van der Waals surface area contributed by atoms with Crippen molar-refractivity contribution in [1.29, 1.82) is 0 Å². The van der Waals surface area contributed by atoms with E-state index in [1.54, 1.807) is 148 Å². The molecule has 14 rings (SSSR count). The zero-order chi connectivity index (χ0) is 88.8. The molecule has 646 valence electrons. The first-order chi connectivity index (χ1) is 60.8. The van der Waals surface area contributed by atoms with Crippen molar-refractivity contribution in [2.75, 3.05) is 53.9 Å². The van der Waals surface area contributed by atoms with Crippen molar-refractivity contribution >= 4 is 23.2 Å². The number of para-hydroxylation sites is 6. The van der Waals surface area contributed by atoms with Gasteiger partial charge in [-0.05, 0) is 205 Å². The van der Waals surface area contributed by atoms with Crippen molar-refractivity contribution in [3.63, 3.8) is 0 Å². The second-order valence-corrected chi connectivity index (χ2v) is 28.3. The number of ether oxygens (including phenoxy) is 10. The Morgan fingerprint density at radius 1 is 0.328 bits per heavy atom. The summed E-state index contributed by atoms with van der Waals surface area (Å²) in [5.74, 6) is 6.27. The van der Waals surface area contributed by atoms with Gasteiger partial charge in [0.2, 0.25) is 11.6 Å². The lowest BCUT2D eigenvalue weighted by atomic mass is 10.1. The molecule has 0 heterocycles. The Hall–Kier alpha value is -14.3. The molecule has 0 radical (unpaired) electrons. The highest BCUT2D eigenvalue weighted by atomic mass is 35.5. The van der Waals surface area contributed by atoms with E-state index in [4.69, 9.17) is 59.0 Å². The number of phenols is 4. The molecule has 0 aromatic heterocycles. The average Bonchev–Trinajstić information content (AvgIpc) is 0.851. The first kappa shape index (κ1) is 94.6. The molecule has 0 aliphatic rings. The van der Waals surface area contributed by atoms with Crippen LogP contribution in [0.25, 0.3) is 0 Å². The summed E-state index contributed by atoms with van der Waals surface area (Å²) in [5.41, 5.74) is 7.78. The fourth-order valence-electron chi connectivity index (χ4n) is 11.8. The minimum absolute atomic E-state index is 0.0185. The number of aromatic hydroxyl groups is 4. The van der Waals surface area contributed by atoms with Crippen molar-refractivity contribution in [3.05, 3.63) is 418 Å². The lowest BCUT2D eigenvalue weighted by Crippen LogP contribution is -2.13. The molecule has 0 aliphatic carbocycles. The summed E-state index contributed by atoms with van der Waals surface area (Å²) in [6, 6.07) is 104. The number of Topliss-reactive ketones (excluding diaryl/α,β-unsaturated/α-hetero) is 2. The molecule has 0 aliphatic heterocycles. The fourth-order valence-corrected chi connectivity index (χ4v) is 11.9. The third-order valence-electron chi connectivity index (χ3n) is 18.6. The van der Waals surface area contributed by atoms with Crippen molar-refractivity contribution in [2.24, 2.45) is 0 Å². The van der Waals surface area contributed by atoms with Crippen LogP contribution >= 0.6 is 11.6 Å². The third-order valence-corrected chi connectivity index (χ3v) is 18.8. The highest BCUT2D eigenvalue weighted by Gasteiger charge is 2.19. The largest absolute Gasteiger partial charge is 0.508 e. The first-order valence-electron chi connectivity index (χ1n) is 40.3. The number of aryl methyl sites for hydroxylation is 2.